The molecule has 1 N–H and O–H groups in total. The topological polar surface area (TPSA) is 90.9 Å². The maximum Gasteiger partial charge on any atom is 0.253 e. The Morgan fingerprint density at radius 1 is 1.08 bits per heavy atom. The summed E-state index contributed by atoms with van der Waals surface area (Å²) in [5.74, 6) is 1.87. The predicted octanol–water partition coefficient (Wildman–Crippen LogP) is 4.36. The van der Waals surface area contributed by atoms with Crippen molar-refractivity contribution in [2.24, 2.45) is 0 Å². The van der Waals surface area contributed by atoms with Crippen LogP contribution in [0.1, 0.15) is 68.6 Å². The van der Waals surface area contributed by atoms with E-state index >= 15 is 0 Å². The van der Waals surface area contributed by atoms with Gasteiger partial charge in [-0.15, -0.1) is 0 Å². The predicted molar refractivity (Wildman–Crippen MR) is 140 cm³/mol. The van der Waals surface area contributed by atoms with Gasteiger partial charge in [0.2, 0.25) is 11.9 Å². The number of rotatable bonds is 5. The van der Waals surface area contributed by atoms with Crippen LogP contribution in [0.5, 0.6) is 5.75 Å². The summed E-state index contributed by atoms with van der Waals surface area (Å²) in [6.07, 6.45) is 10.6. The van der Waals surface area contributed by atoms with E-state index in [2.05, 4.69) is 15.2 Å². The largest absolute Gasteiger partial charge is 0.495 e. The summed E-state index contributed by atoms with van der Waals surface area (Å²) in [6.45, 7) is 3.56. The number of benzene rings is 1. The maximum absolute atomic E-state index is 13.1. The van der Waals surface area contributed by atoms with Crippen molar-refractivity contribution in [3.05, 3.63) is 30.0 Å². The van der Waals surface area contributed by atoms with Crippen LogP contribution in [-0.2, 0) is 4.79 Å². The number of ether oxygens (including phenoxy) is 1. The van der Waals surface area contributed by atoms with Crippen LogP contribution < -0.4 is 19.9 Å². The molecule has 3 heterocycles. The molecule has 0 bridgehead atoms. The van der Waals surface area contributed by atoms with Crippen LogP contribution in [0.2, 0.25) is 0 Å². The lowest BCUT2D eigenvalue weighted by Gasteiger charge is -2.42. The molecule has 192 valence electrons. The molecule has 2 fully saturated rings. The van der Waals surface area contributed by atoms with Gasteiger partial charge < -0.3 is 24.8 Å². The van der Waals surface area contributed by atoms with Gasteiger partial charge >= 0.3 is 0 Å². The van der Waals surface area contributed by atoms with E-state index in [-0.39, 0.29) is 17.9 Å². The highest BCUT2D eigenvalue weighted by Crippen LogP contribution is 2.39. The number of hydrogen-bond donors (Lipinski definition) is 1. The minimum Gasteiger partial charge on any atom is -0.495 e. The van der Waals surface area contributed by atoms with E-state index in [1.54, 1.807) is 31.3 Å². The van der Waals surface area contributed by atoms with E-state index < -0.39 is 0 Å². The fourth-order valence-corrected chi connectivity index (χ4v) is 5.73. The second kappa shape index (κ2) is 10.3. The van der Waals surface area contributed by atoms with Crippen molar-refractivity contribution in [2.75, 3.05) is 42.4 Å². The molecule has 9 heteroatoms. The Labute approximate surface area is 212 Å². The lowest BCUT2D eigenvalue weighted by Crippen LogP contribution is -2.54. The van der Waals surface area contributed by atoms with Crippen LogP contribution in [0, 0.1) is 0 Å². The van der Waals surface area contributed by atoms with Gasteiger partial charge in [-0.3, -0.25) is 9.59 Å². The number of nitrogens with one attached hydrogen (secondary N) is 1. The van der Waals surface area contributed by atoms with Gasteiger partial charge in [-0.2, -0.15) is 4.98 Å². The summed E-state index contributed by atoms with van der Waals surface area (Å²) in [5, 5.41) is 3.28. The summed E-state index contributed by atoms with van der Waals surface area (Å²) in [5.41, 5.74) is 2.03. The molecule has 36 heavy (non-hydrogen) atoms. The highest BCUT2D eigenvalue weighted by Gasteiger charge is 2.39. The number of anilines is 4. The van der Waals surface area contributed by atoms with E-state index in [1.165, 1.54) is 25.7 Å². The second-order valence-corrected chi connectivity index (χ2v) is 10.1. The van der Waals surface area contributed by atoms with Crippen molar-refractivity contribution in [2.45, 2.75) is 70.4 Å². The van der Waals surface area contributed by atoms with Crippen molar-refractivity contribution in [3.8, 4) is 5.75 Å². The van der Waals surface area contributed by atoms with Gasteiger partial charge in [0.25, 0.3) is 5.91 Å². The molecule has 2 amide bonds. The van der Waals surface area contributed by atoms with Gasteiger partial charge in [0.05, 0.1) is 19.0 Å². The van der Waals surface area contributed by atoms with Crippen LogP contribution in [-0.4, -0.2) is 66.0 Å². The Kier molecular flexibility index (Phi) is 6.98. The first-order chi connectivity index (χ1) is 17.5. The fraction of sp³-hybridized carbons (Fsp3) is 0.556. The second-order valence-electron chi connectivity index (χ2n) is 10.1. The standard InChI is InChI=1S/C27H36N6O3/c1-18-25(34)31(2)22-17-28-27(30-24(22)33(18)20-10-6-7-11-20)29-21-13-12-19(16-23(21)36-3)26(35)32-14-8-4-5-9-15-32/h12-13,16-18,20H,4-11,14-15H2,1-3H3,(H,28,29,30)/t18-/m1/s1. The number of likely N-dealkylation sites (N-methyl/N-ethyl adjacent to an activating group) is 1. The minimum absolute atomic E-state index is 0.0423. The van der Waals surface area contributed by atoms with Gasteiger partial charge in [0.15, 0.2) is 5.82 Å². The maximum atomic E-state index is 13.1. The van der Waals surface area contributed by atoms with Crippen LogP contribution in [0.25, 0.3) is 0 Å². The lowest BCUT2D eigenvalue weighted by atomic mass is 10.1. The molecule has 3 aliphatic rings. The molecule has 2 aromatic rings. The number of hydrogen-bond acceptors (Lipinski definition) is 7. The molecule has 1 saturated carbocycles. The molecule has 0 spiro atoms. The summed E-state index contributed by atoms with van der Waals surface area (Å²) in [7, 11) is 3.38. The van der Waals surface area contributed by atoms with Crippen LogP contribution in [0.15, 0.2) is 24.4 Å². The van der Waals surface area contributed by atoms with E-state index in [9.17, 15) is 9.59 Å². The van der Waals surface area contributed by atoms with E-state index in [4.69, 9.17) is 9.72 Å². The number of fused-ring (bicyclic) bond motifs is 1. The Morgan fingerprint density at radius 2 is 1.81 bits per heavy atom. The van der Waals surface area contributed by atoms with Crippen molar-refractivity contribution >= 4 is 35.0 Å². The molecule has 1 aromatic heterocycles. The van der Waals surface area contributed by atoms with Gasteiger partial charge in [-0.05, 0) is 50.8 Å². The number of nitrogens with zero attached hydrogens (tertiary/aromatic N) is 5. The number of likely N-dealkylation sites (tertiary alicyclic amines) is 1. The fourth-order valence-electron chi connectivity index (χ4n) is 5.73. The third-order valence-corrected chi connectivity index (χ3v) is 7.77. The quantitative estimate of drug-likeness (QED) is 0.663. The van der Waals surface area contributed by atoms with Gasteiger partial charge in [-0.1, -0.05) is 25.7 Å². The average molecular weight is 493 g/mol. The molecule has 0 radical (unpaired) electrons. The van der Waals surface area contributed by atoms with Gasteiger partial charge in [0.1, 0.15) is 17.5 Å². The SMILES string of the molecule is COc1cc(C(=O)N2CCCCCC2)ccc1Nc1ncc2c(n1)N(C1CCCC1)[C@H](C)C(=O)N2C. The van der Waals surface area contributed by atoms with Gasteiger partial charge in [0, 0.05) is 31.7 Å². The first-order valence-electron chi connectivity index (χ1n) is 13.1. The highest BCUT2D eigenvalue weighted by atomic mass is 16.5. The molecular weight excluding hydrogens is 456 g/mol. The third-order valence-electron chi connectivity index (χ3n) is 7.77. The molecule has 1 aromatic carbocycles. The number of carbonyl (C=O) groups is 2. The van der Waals surface area contributed by atoms with Crippen LogP contribution in [0.4, 0.5) is 23.1 Å². The molecule has 1 atom stereocenters. The molecule has 1 saturated heterocycles. The Morgan fingerprint density at radius 3 is 2.50 bits per heavy atom. The Balaban J connectivity index is 1.41. The van der Waals surface area contributed by atoms with Crippen LogP contribution >= 0.6 is 0 Å². The molecule has 5 rings (SSSR count). The van der Waals surface area contributed by atoms with E-state index in [1.807, 2.05) is 24.0 Å². The minimum atomic E-state index is -0.271. The summed E-state index contributed by atoms with van der Waals surface area (Å²) in [6, 6.07) is 5.49. The molecule has 2 aliphatic heterocycles. The highest BCUT2D eigenvalue weighted by molar-refractivity contribution is 6.04. The number of amides is 2. The molecular formula is C27H36N6O3. The monoisotopic (exact) mass is 492 g/mol. The van der Waals surface area contributed by atoms with Crippen molar-refractivity contribution < 1.29 is 14.3 Å². The molecule has 9 nitrogen and oxygen atoms in total. The molecule has 1 aliphatic carbocycles. The normalized spacial score (nSPS) is 20.8. The average Bonchev–Trinajstić information content (AvgIpc) is 3.28. The Hall–Kier alpha value is -3.36. The smallest absolute Gasteiger partial charge is 0.253 e. The van der Waals surface area contributed by atoms with Crippen molar-refractivity contribution in [1.82, 2.24) is 14.9 Å². The summed E-state index contributed by atoms with van der Waals surface area (Å²) in [4.78, 5) is 41.1. The molecule has 0 unspecified atom stereocenters. The van der Waals surface area contributed by atoms with Crippen LogP contribution in [0.3, 0.4) is 0 Å². The Bertz CT molecular complexity index is 1120. The van der Waals surface area contributed by atoms with Gasteiger partial charge in [-0.25, -0.2) is 4.98 Å². The number of carbonyl (C=O) groups excluding carboxylic acids is 2. The first-order valence-corrected chi connectivity index (χ1v) is 13.1. The zero-order chi connectivity index (χ0) is 25.2. The summed E-state index contributed by atoms with van der Waals surface area (Å²) < 4.78 is 5.63. The lowest BCUT2D eigenvalue weighted by molar-refractivity contribution is -0.119. The van der Waals surface area contributed by atoms with Crippen molar-refractivity contribution in [3.63, 3.8) is 0 Å². The number of aromatic nitrogens is 2. The first kappa shape index (κ1) is 24.3. The van der Waals surface area contributed by atoms with Crippen molar-refractivity contribution in [1.29, 1.82) is 0 Å². The zero-order valence-corrected chi connectivity index (χ0v) is 21.5. The zero-order valence-electron chi connectivity index (χ0n) is 21.5. The third kappa shape index (κ3) is 4.58. The van der Waals surface area contributed by atoms with E-state index in [0.717, 1.165) is 50.3 Å². The summed E-state index contributed by atoms with van der Waals surface area (Å²) >= 11 is 0. The number of methoxy groups -OCH3 is 1. The van der Waals surface area contributed by atoms with E-state index in [0.29, 0.717) is 29.0 Å².